The Balaban J connectivity index is 1.49. The van der Waals surface area contributed by atoms with Crippen molar-refractivity contribution >= 4 is 0 Å². The molecular formula is C29H49N2+. The van der Waals surface area contributed by atoms with Crippen LogP contribution in [0.3, 0.4) is 0 Å². The van der Waals surface area contributed by atoms with Gasteiger partial charge in [0.05, 0.1) is 5.92 Å². The molecule has 0 aliphatic carbocycles. The van der Waals surface area contributed by atoms with E-state index in [9.17, 15) is 0 Å². The Morgan fingerprint density at radius 3 is 1.71 bits per heavy atom. The molecule has 1 aromatic carbocycles. The van der Waals surface area contributed by atoms with Crippen LogP contribution >= 0.6 is 0 Å². The molecule has 31 heavy (non-hydrogen) atoms. The standard InChI is InChI=1S/C29H48N2/c1-3-5-6-7-8-9-10-11-12-13-14-15-16-17-19-22-27(4-2)29-30-25-26-31(29)28-23-20-18-21-24-28/h18,20-21,23-27H,3-17,19,22H2,1-2H3/p+1/t27-/m0/s1. The molecule has 2 rings (SSSR count). The molecule has 0 fully saturated rings. The minimum Gasteiger partial charge on any atom is -0.247 e. The number of H-pyrrole nitrogens is 1. The molecule has 0 aliphatic rings. The van der Waals surface area contributed by atoms with Gasteiger partial charge in [0.15, 0.2) is 0 Å². The number of benzene rings is 1. The van der Waals surface area contributed by atoms with E-state index >= 15 is 0 Å². The summed E-state index contributed by atoms with van der Waals surface area (Å²) >= 11 is 0. The van der Waals surface area contributed by atoms with Gasteiger partial charge in [0.2, 0.25) is 0 Å². The second-order valence-corrected chi connectivity index (χ2v) is 9.39. The zero-order valence-electron chi connectivity index (χ0n) is 20.6. The minimum absolute atomic E-state index is 0.622. The molecule has 2 nitrogen and oxygen atoms in total. The maximum atomic E-state index is 3.52. The summed E-state index contributed by atoms with van der Waals surface area (Å²) in [7, 11) is 0. The smallest absolute Gasteiger partial charge is 0.247 e. The third-order valence-corrected chi connectivity index (χ3v) is 6.78. The molecule has 1 atom stereocenters. The zero-order valence-corrected chi connectivity index (χ0v) is 20.6. The lowest BCUT2D eigenvalue weighted by Crippen LogP contribution is -2.34. The molecule has 1 N–H and O–H groups in total. The summed E-state index contributed by atoms with van der Waals surface area (Å²) in [5.41, 5.74) is 1.26. The highest BCUT2D eigenvalue weighted by Gasteiger charge is 2.22. The fourth-order valence-corrected chi connectivity index (χ4v) is 4.77. The van der Waals surface area contributed by atoms with Crippen LogP contribution < -0.4 is 4.57 Å². The van der Waals surface area contributed by atoms with Gasteiger partial charge in [-0.05, 0) is 25.0 Å². The molecule has 174 valence electrons. The molecule has 0 saturated carbocycles. The molecular weight excluding hydrogens is 376 g/mol. The molecule has 0 spiro atoms. The van der Waals surface area contributed by atoms with Gasteiger partial charge >= 0.3 is 0 Å². The van der Waals surface area contributed by atoms with Gasteiger partial charge in [-0.15, -0.1) is 0 Å². The molecule has 0 amide bonds. The van der Waals surface area contributed by atoms with Gasteiger partial charge in [0.25, 0.3) is 5.82 Å². The average molecular weight is 426 g/mol. The van der Waals surface area contributed by atoms with E-state index in [-0.39, 0.29) is 0 Å². The summed E-state index contributed by atoms with van der Waals surface area (Å²) in [5.74, 6) is 1.98. The number of nitrogens with zero attached hydrogens (tertiary/aromatic N) is 1. The predicted molar refractivity (Wildman–Crippen MR) is 135 cm³/mol. The van der Waals surface area contributed by atoms with Crippen LogP contribution in [0.2, 0.25) is 0 Å². The van der Waals surface area contributed by atoms with Gasteiger partial charge in [-0.25, -0.2) is 4.98 Å². The summed E-state index contributed by atoms with van der Waals surface area (Å²) < 4.78 is 2.33. The van der Waals surface area contributed by atoms with Crippen LogP contribution in [0.4, 0.5) is 0 Å². The lowest BCUT2D eigenvalue weighted by atomic mass is 9.96. The second-order valence-electron chi connectivity index (χ2n) is 9.39. The molecule has 0 aliphatic heterocycles. The number of nitrogens with one attached hydrogen (secondary N) is 1. The summed E-state index contributed by atoms with van der Waals surface area (Å²) in [6.45, 7) is 4.62. The predicted octanol–water partition coefficient (Wildman–Crippen LogP) is 9.05. The van der Waals surface area contributed by atoms with E-state index in [1.54, 1.807) is 0 Å². The number of unbranched alkanes of at least 4 members (excludes halogenated alkanes) is 14. The number of hydrogen-bond acceptors (Lipinski definition) is 0. The van der Waals surface area contributed by atoms with E-state index in [4.69, 9.17) is 0 Å². The van der Waals surface area contributed by atoms with Crippen molar-refractivity contribution in [2.45, 2.75) is 129 Å². The molecule has 0 radical (unpaired) electrons. The number of para-hydroxylation sites is 1. The molecule has 1 heterocycles. The maximum absolute atomic E-state index is 3.52. The molecule has 0 unspecified atom stereocenters. The Labute approximate surface area is 192 Å². The third-order valence-electron chi connectivity index (χ3n) is 6.78. The summed E-state index contributed by atoms with van der Waals surface area (Å²) in [5, 5.41) is 0. The Morgan fingerprint density at radius 2 is 1.19 bits per heavy atom. The van der Waals surface area contributed by atoms with Crippen molar-refractivity contribution in [1.29, 1.82) is 0 Å². The van der Waals surface area contributed by atoms with E-state index in [0.717, 1.165) is 0 Å². The van der Waals surface area contributed by atoms with E-state index < -0.39 is 0 Å². The number of imidazole rings is 1. The van der Waals surface area contributed by atoms with Crippen molar-refractivity contribution in [3.05, 3.63) is 48.5 Å². The van der Waals surface area contributed by atoms with Crippen molar-refractivity contribution < 1.29 is 4.57 Å². The van der Waals surface area contributed by atoms with Crippen molar-refractivity contribution in [2.75, 3.05) is 0 Å². The second kappa shape index (κ2) is 17.0. The maximum Gasteiger partial charge on any atom is 0.262 e. The minimum atomic E-state index is 0.622. The monoisotopic (exact) mass is 425 g/mol. The highest BCUT2D eigenvalue weighted by molar-refractivity contribution is 5.22. The van der Waals surface area contributed by atoms with E-state index in [2.05, 4.69) is 66.1 Å². The van der Waals surface area contributed by atoms with Gasteiger partial charge in [-0.1, -0.05) is 128 Å². The van der Waals surface area contributed by atoms with Crippen LogP contribution in [0, 0.1) is 0 Å². The first-order valence-corrected chi connectivity index (χ1v) is 13.5. The molecule has 0 saturated heterocycles. The van der Waals surface area contributed by atoms with E-state index in [0.29, 0.717) is 5.92 Å². The molecule has 2 aromatic rings. The van der Waals surface area contributed by atoms with Crippen molar-refractivity contribution in [1.82, 2.24) is 4.98 Å². The lowest BCUT2D eigenvalue weighted by Gasteiger charge is -2.11. The van der Waals surface area contributed by atoms with Crippen molar-refractivity contribution in [3.63, 3.8) is 0 Å². The quantitative estimate of drug-likeness (QED) is 0.171. The summed E-state index contributed by atoms with van der Waals surface area (Å²) in [4.78, 5) is 3.52. The number of hydrogen-bond donors (Lipinski definition) is 1. The van der Waals surface area contributed by atoms with Crippen LogP contribution in [0.5, 0.6) is 0 Å². The third kappa shape index (κ3) is 10.5. The highest BCUT2D eigenvalue weighted by atomic mass is 15.1. The highest BCUT2D eigenvalue weighted by Crippen LogP contribution is 2.23. The van der Waals surface area contributed by atoms with E-state index in [1.165, 1.54) is 121 Å². The SMILES string of the molecule is CCCCCCCCCCCCCCCCC[C@H](CC)c1[nH]cc[n+]1-c1ccccc1. The molecule has 1 aromatic heterocycles. The van der Waals surface area contributed by atoms with Crippen molar-refractivity contribution in [2.24, 2.45) is 0 Å². The van der Waals surface area contributed by atoms with Crippen molar-refractivity contribution in [3.8, 4) is 5.69 Å². The van der Waals surface area contributed by atoms with Gasteiger partial charge in [0.1, 0.15) is 18.1 Å². The summed E-state index contributed by atoms with van der Waals surface area (Å²) in [6.07, 6.45) is 28.2. The Bertz CT molecular complexity index is 646. The first-order valence-electron chi connectivity index (χ1n) is 13.5. The number of aromatic amines is 1. The first kappa shape index (κ1) is 25.7. The Morgan fingerprint density at radius 1 is 0.677 bits per heavy atom. The van der Waals surface area contributed by atoms with Crippen LogP contribution in [-0.4, -0.2) is 4.98 Å². The number of aromatic nitrogens is 2. The molecule has 2 heteroatoms. The van der Waals surface area contributed by atoms with Gasteiger partial charge in [0, 0.05) is 0 Å². The fraction of sp³-hybridized carbons (Fsp3) is 0.690. The van der Waals surface area contributed by atoms with Crippen LogP contribution in [0.15, 0.2) is 42.7 Å². The zero-order chi connectivity index (χ0) is 22.0. The largest absolute Gasteiger partial charge is 0.262 e. The normalized spacial score (nSPS) is 12.3. The lowest BCUT2D eigenvalue weighted by molar-refractivity contribution is -0.604. The Kier molecular flexibility index (Phi) is 14.1. The van der Waals surface area contributed by atoms with Crippen LogP contribution in [-0.2, 0) is 0 Å². The molecule has 0 bridgehead atoms. The first-order chi connectivity index (χ1) is 15.4. The van der Waals surface area contributed by atoms with Crippen LogP contribution in [0.1, 0.15) is 135 Å². The van der Waals surface area contributed by atoms with Crippen LogP contribution in [0.25, 0.3) is 5.69 Å². The van der Waals surface area contributed by atoms with Gasteiger partial charge < -0.3 is 0 Å². The average Bonchev–Trinajstić information content (AvgIpc) is 3.29. The Hall–Kier alpha value is -1.57. The topological polar surface area (TPSA) is 19.7 Å². The fourth-order valence-electron chi connectivity index (χ4n) is 4.77. The van der Waals surface area contributed by atoms with Gasteiger partial charge in [-0.2, -0.15) is 4.57 Å². The van der Waals surface area contributed by atoms with E-state index in [1.807, 2.05) is 0 Å². The van der Waals surface area contributed by atoms with Gasteiger partial charge in [-0.3, -0.25) is 0 Å². The number of rotatable bonds is 19. The summed E-state index contributed by atoms with van der Waals surface area (Å²) in [6, 6.07) is 10.7.